The molecule has 0 bridgehead atoms. The van der Waals surface area contributed by atoms with Gasteiger partial charge in [-0.05, 0) is 25.8 Å². The third-order valence-electron chi connectivity index (χ3n) is 4.61. The SMILES string of the molecule is COCCOc1cnc(C(=O)NC2=CC([C@]3(C)CCSC(N)=N3)CC=N2)cn1. The van der Waals surface area contributed by atoms with Crippen LogP contribution in [0, 0.1) is 5.92 Å². The first-order chi connectivity index (χ1) is 13.5. The molecular formula is C18H24N6O3S. The lowest BCUT2D eigenvalue weighted by Gasteiger charge is -2.36. The standard InChI is InChI=1S/C18H24N6O3S/c1-18(4-8-28-17(19)24-18)12-3-5-20-14(9-12)23-16(25)13-10-22-15(11-21-13)27-7-6-26-2/h5,9-12H,3-4,6-8H2,1-2H3,(H2,19,24)(H,23,25)/t12?,18-/m0/s1. The number of rotatable bonds is 7. The second kappa shape index (κ2) is 9.16. The molecule has 0 fully saturated rings. The topological polar surface area (TPSA) is 124 Å². The normalized spacial score (nSPS) is 24.3. The van der Waals surface area contributed by atoms with Crippen LogP contribution in [0.2, 0.25) is 0 Å². The number of amidine groups is 1. The molecule has 150 valence electrons. The lowest BCUT2D eigenvalue weighted by molar-refractivity contribution is 0.0959. The summed E-state index contributed by atoms with van der Waals surface area (Å²) in [6.07, 6.45) is 8.20. The predicted molar refractivity (Wildman–Crippen MR) is 109 cm³/mol. The summed E-state index contributed by atoms with van der Waals surface area (Å²) < 4.78 is 10.2. The predicted octanol–water partition coefficient (Wildman–Crippen LogP) is 1.37. The van der Waals surface area contributed by atoms with Gasteiger partial charge in [0.1, 0.15) is 18.1 Å². The van der Waals surface area contributed by atoms with Crippen molar-refractivity contribution in [2.24, 2.45) is 21.6 Å². The van der Waals surface area contributed by atoms with Gasteiger partial charge in [0.2, 0.25) is 5.88 Å². The third kappa shape index (κ3) is 5.08. The van der Waals surface area contributed by atoms with Gasteiger partial charge >= 0.3 is 0 Å². The second-order valence-electron chi connectivity index (χ2n) is 6.65. The van der Waals surface area contributed by atoms with Crippen LogP contribution >= 0.6 is 11.8 Å². The minimum Gasteiger partial charge on any atom is -0.474 e. The lowest BCUT2D eigenvalue weighted by Crippen LogP contribution is -2.39. The van der Waals surface area contributed by atoms with Crippen molar-refractivity contribution in [1.82, 2.24) is 15.3 Å². The number of nitrogens with one attached hydrogen (secondary N) is 1. The Morgan fingerprint density at radius 2 is 2.25 bits per heavy atom. The van der Waals surface area contributed by atoms with Gasteiger partial charge in [0.15, 0.2) is 5.17 Å². The minimum absolute atomic E-state index is 0.113. The molecule has 9 nitrogen and oxygen atoms in total. The minimum atomic E-state index is -0.382. The first kappa shape index (κ1) is 20.3. The van der Waals surface area contributed by atoms with Crippen LogP contribution in [-0.4, -0.2) is 58.9 Å². The van der Waals surface area contributed by atoms with E-state index in [1.54, 1.807) is 25.1 Å². The summed E-state index contributed by atoms with van der Waals surface area (Å²) in [5.74, 6) is 1.48. The smallest absolute Gasteiger partial charge is 0.277 e. The maximum absolute atomic E-state index is 12.5. The number of hydrogen-bond donors (Lipinski definition) is 2. The van der Waals surface area contributed by atoms with Crippen LogP contribution in [0.5, 0.6) is 5.88 Å². The van der Waals surface area contributed by atoms with E-state index in [1.165, 1.54) is 12.4 Å². The van der Waals surface area contributed by atoms with Crippen LogP contribution < -0.4 is 15.8 Å². The molecule has 3 heterocycles. The molecular weight excluding hydrogens is 380 g/mol. The van der Waals surface area contributed by atoms with E-state index in [1.807, 2.05) is 6.08 Å². The largest absolute Gasteiger partial charge is 0.474 e. The molecule has 1 aromatic rings. The Morgan fingerprint density at radius 3 is 2.96 bits per heavy atom. The quantitative estimate of drug-likeness (QED) is 0.658. The van der Waals surface area contributed by atoms with E-state index in [-0.39, 0.29) is 23.1 Å². The van der Waals surface area contributed by atoms with Gasteiger partial charge in [0.05, 0.1) is 24.5 Å². The average molecular weight is 404 g/mol. The van der Waals surface area contributed by atoms with E-state index in [2.05, 4.69) is 32.2 Å². The number of aliphatic imine (C=N–C) groups is 2. The van der Waals surface area contributed by atoms with Gasteiger partial charge in [-0.2, -0.15) is 0 Å². The van der Waals surface area contributed by atoms with Gasteiger partial charge in [-0.15, -0.1) is 0 Å². The molecule has 0 saturated carbocycles. The zero-order valence-corrected chi connectivity index (χ0v) is 16.7. The number of ether oxygens (including phenoxy) is 2. The van der Waals surface area contributed by atoms with Crippen LogP contribution in [0.25, 0.3) is 0 Å². The Bertz CT molecular complexity index is 795. The number of amides is 1. The molecule has 1 amide bonds. The number of carbonyl (C=O) groups excluding carboxylic acids is 1. The van der Waals surface area contributed by atoms with Gasteiger partial charge in [0.25, 0.3) is 5.91 Å². The molecule has 10 heteroatoms. The average Bonchev–Trinajstić information content (AvgIpc) is 2.69. The summed E-state index contributed by atoms with van der Waals surface area (Å²) in [4.78, 5) is 29.6. The Hall–Kier alpha value is -2.46. The highest BCUT2D eigenvalue weighted by Gasteiger charge is 2.36. The Labute approximate surface area is 167 Å². The van der Waals surface area contributed by atoms with Crippen molar-refractivity contribution in [1.29, 1.82) is 0 Å². The summed E-state index contributed by atoms with van der Waals surface area (Å²) in [6.45, 7) is 2.90. The van der Waals surface area contributed by atoms with Crippen molar-refractivity contribution in [2.45, 2.75) is 25.3 Å². The number of nitrogens with two attached hydrogens (primary N) is 1. The Morgan fingerprint density at radius 1 is 1.39 bits per heavy atom. The first-order valence-electron chi connectivity index (χ1n) is 8.98. The monoisotopic (exact) mass is 404 g/mol. The van der Waals surface area contributed by atoms with Gasteiger partial charge in [-0.25, -0.2) is 15.0 Å². The van der Waals surface area contributed by atoms with E-state index < -0.39 is 0 Å². The highest BCUT2D eigenvalue weighted by Crippen LogP contribution is 2.36. The highest BCUT2D eigenvalue weighted by molar-refractivity contribution is 8.13. The summed E-state index contributed by atoms with van der Waals surface area (Å²) >= 11 is 1.57. The van der Waals surface area contributed by atoms with E-state index in [9.17, 15) is 4.79 Å². The number of carbonyl (C=O) groups is 1. The van der Waals surface area contributed by atoms with Crippen molar-refractivity contribution in [3.8, 4) is 5.88 Å². The molecule has 1 aromatic heterocycles. The van der Waals surface area contributed by atoms with Crippen LogP contribution in [0.3, 0.4) is 0 Å². The van der Waals surface area contributed by atoms with Crippen molar-refractivity contribution in [3.63, 3.8) is 0 Å². The van der Waals surface area contributed by atoms with E-state index in [0.717, 1.165) is 18.6 Å². The first-order valence-corrected chi connectivity index (χ1v) is 9.96. The third-order valence-corrected chi connectivity index (χ3v) is 5.41. The van der Waals surface area contributed by atoms with Crippen LogP contribution in [0.1, 0.15) is 30.3 Å². The fraction of sp³-hybridized carbons (Fsp3) is 0.500. The van der Waals surface area contributed by atoms with E-state index >= 15 is 0 Å². The maximum Gasteiger partial charge on any atom is 0.277 e. The highest BCUT2D eigenvalue weighted by atomic mass is 32.2. The number of aromatic nitrogens is 2. The zero-order valence-electron chi connectivity index (χ0n) is 15.9. The second-order valence-corrected chi connectivity index (χ2v) is 7.76. The van der Waals surface area contributed by atoms with Gasteiger partial charge in [-0.3, -0.25) is 9.79 Å². The molecule has 0 saturated heterocycles. The van der Waals surface area contributed by atoms with Crippen molar-refractivity contribution < 1.29 is 14.3 Å². The molecule has 1 unspecified atom stereocenters. The molecule has 2 aliphatic rings. The molecule has 3 N–H and O–H groups in total. The fourth-order valence-electron chi connectivity index (χ4n) is 2.96. The molecule has 0 radical (unpaired) electrons. The van der Waals surface area contributed by atoms with Crippen LogP contribution in [-0.2, 0) is 4.74 Å². The summed E-state index contributed by atoms with van der Waals surface area (Å²) in [5.41, 5.74) is 5.80. The summed E-state index contributed by atoms with van der Waals surface area (Å²) in [7, 11) is 1.59. The van der Waals surface area contributed by atoms with Gasteiger partial charge in [-0.1, -0.05) is 11.8 Å². The fourth-order valence-corrected chi connectivity index (χ4v) is 3.96. The number of thioether (sulfide) groups is 1. The number of methoxy groups -OCH3 is 1. The molecule has 2 atom stereocenters. The summed E-state index contributed by atoms with van der Waals surface area (Å²) in [6, 6.07) is 0. The molecule has 0 aromatic carbocycles. The van der Waals surface area contributed by atoms with Crippen molar-refractivity contribution in [3.05, 3.63) is 30.0 Å². The molecule has 0 aliphatic carbocycles. The maximum atomic E-state index is 12.5. The van der Waals surface area contributed by atoms with Crippen molar-refractivity contribution >= 4 is 29.1 Å². The van der Waals surface area contributed by atoms with Crippen LogP contribution in [0.15, 0.2) is 34.3 Å². The Balaban J connectivity index is 1.64. The van der Waals surface area contributed by atoms with Gasteiger partial charge < -0.3 is 20.5 Å². The molecule has 28 heavy (non-hydrogen) atoms. The Kier molecular flexibility index (Phi) is 6.63. The molecule has 2 aliphatic heterocycles. The van der Waals surface area contributed by atoms with E-state index in [4.69, 9.17) is 15.2 Å². The summed E-state index contributed by atoms with van der Waals surface area (Å²) in [5, 5.41) is 3.39. The zero-order chi connectivity index (χ0) is 20.0. The van der Waals surface area contributed by atoms with Crippen molar-refractivity contribution in [2.75, 3.05) is 26.1 Å². The molecule has 3 rings (SSSR count). The van der Waals surface area contributed by atoms with E-state index in [0.29, 0.717) is 30.1 Å². The van der Waals surface area contributed by atoms with Crippen LogP contribution in [0.4, 0.5) is 0 Å². The van der Waals surface area contributed by atoms with Gasteiger partial charge in [0, 0.05) is 25.0 Å². The number of nitrogens with zero attached hydrogens (tertiary/aromatic N) is 4. The molecule has 0 spiro atoms. The number of hydrogen-bond acceptors (Lipinski definition) is 9. The lowest BCUT2D eigenvalue weighted by atomic mass is 9.81.